The van der Waals surface area contributed by atoms with E-state index in [2.05, 4.69) is 31.8 Å². The molecule has 38 heavy (non-hydrogen) atoms. The van der Waals surface area contributed by atoms with Crippen molar-refractivity contribution in [3.8, 4) is 17.6 Å². The zero-order valence-corrected chi connectivity index (χ0v) is 21.7. The van der Waals surface area contributed by atoms with Gasteiger partial charge in [-0.3, -0.25) is 4.72 Å². The van der Waals surface area contributed by atoms with Crippen molar-refractivity contribution in [2.45, 2.75) is 30.4 Å². The summed E-state index contributed by atoms with van der Waals surface area (Å²) >= 11 is 5.98. The van der Waals surface area contributed by atoms with Gasteiger partial charge in [-0.05, 0) is 37.1 Å². The number of nitrogens with one attached hydrogen (secondary N) is 2. The number of hydrogen-bond acceptors (Lipinski definition) is 8. The van der Waals surface area contributed by atoms with E-state index in [1.807, 2.05) is 0 Å². The van der Waals surface area contributed by atoms with Crippen molar-refractivity contribution >= 4 is 33.3 Å². The van der Waals surface area contributed by atoms with Crippen LogP contribution in [0.3, 0.4) is 0 Å². The molecule has 0 unspecified atom stereocenters. The number of aliphatic hydroxyl groups is 1. The van der Waals surface area contributed by atoms with Crippen LogP contribution in [-0.4, -0.2) is 49.9 Å². The Morgan fingerprint density at radius 2 is 1.89 bits per heavy atom. The molecule has 0 bridgehead atoms. The van der Waals surface area contributed by atoms with Crippen LogP contribution in [0.25, 0.3) is 0 Å². The molecule has 3 N–H and O–H groups in total. The number of benzene rings is 2. The quantitative estimate of drug-likeness (QED) is 0.371. The Bertz CT molecular complexity index is 1490. The van der Waals surface area contributed by atoms with E-state index in [1.165, 1.54) is 25.6 Å². The number of rotatable bonds is 7. The van der Waals surface area contributed by atoms with Crippen LogP contribution in [-0.2, 0) is 21.4 Å². The van der Waals surface area contributed by atoms with Crippen molar-refractivity contribution in [2.24, 2.45) is 0 Å². The van der Waals surface area contributed by atoms with Gasteiger partial charge in [0.2, 0.25) is 5.95 Å². The third kappa shape index (κ3) is 6.31. The molecule has 3 aromatic rings. The fraction of sp³-hybridized carbons (Fsp3) is 0.280. The average molecular weight is 565 g/mol. The van der Waals surface area contributed by atoms with E-state index in [0.717, 1.165) is 31.0 Å². The monoisotopic (exact) mass is 564 g/mol. The number of anilines is 2. The van der Waals surface area contributed by atoms with E-state index in [0.29, 0.717) is 24.7 Å². The summed E-state index contributed by atoms with van der Waals surface area (Å²) in [6, 6.07) is 4.43. The van der Waals surface area contributed by atoms with Gasteiger partial charge in [-0.2, -0.15) is 0 Å². The van der Waals surface area contributed by atoms with E-state index in [-0.39, 0.29) is 22.4 Å². The van der Waals surface area contributed by atoms with Crippen LogP contribution in [0, 0.1) is 23.5 Å². The fourth-order valence-electron chi connectivity index (χ4n) is 3.74. The predicted molar refractivity (Wildman–Crippen MR) is 137 cm³/mol. The fourth-order valence-corrected chi connectivity index (χ4v) is 5.35. The second-order valence-electron chi connectivity index (χ2n) is 8.22. The minimum Gasteiger partial charge on any atom is -0.495 e. The number of sulfonamides is 1. The summed E-state index contributed by atoms with van der Waals surface area (Å²) in [6.07, 6.45) is 4.48. The zero-order chi connectivity index (χ0) is 27.3. The number of hydrogen-bond donors (Lipinski definition) is 3. The van der Waals surface area contributed by atoms with Crippen molar-refractivity contribution in [3.05, 3.63) is 70.0 Å². The normalized spacial score (nSPS) is 13.9. The first-order valence-electron chi connectivity index (χ1n) is 11.4. The molecule has 9 nitrogen and oxygen atoms in total. The minimum atomic E-state index is -4.46. The Kier molecular flexibility index (Phi) is 8.63. The molecular weight excluding hydrogens is 542 g/mol. The number of aromatic nitrogens is 2. The van der Waals surface area contributed by atoms with Gasteiger partial charge in [0.25, 0.3) is 10.0 Å². The Morgan fingerprint density at radius 3 is 2.55 bits per heavy atom. The number of nitrogens with zero attached hydrogens (tertiary/aromatic N) is 2. The van der Waals surface area contributed by atoms with Gasteiger partial charge >= 0.3 is 0 Å². The molecule has 2 aromatic carbocycles. The lowest BCUT2D eigenvalue weighted by Gasteiger charge is -2.22. The smallest absolute Gasteiger partial charge is 0.265 e. The zero-order valence-electron chi connectivity index (χ0n) is 20.1. The summed E-state index contributed by atoms with van der Waals surface area (Å²) in [5.74, 6) is 3.00. The second kappa shape index (κ2) is 11.9. The van der Waals surface area contributed by atoms with Crippen LogP contribution in [0.5, 0.6) is 5.75 Å². The molecule has 0 aliphatic carbocycles. The Morgan fingerprint density at radius 1 is 1.18 bits per heavy atom. The SMILES string of the molecule is COc1c(CO)cc(Cl)cc1S(=O)(=O)Nc1ccc(F)c(C#Cc2cnc(NC3CCOCC3)nc2)c1F. The molecule has 0 spiro atoms. The van der Waals surface area contributed by atoms with Gasteiger partial charge in [0.05, 0.1) is 30.5 Å². The van der Waals surface area contributed by atoms with Crippen LogP contribution in [0.2, 0.25) is 5.02 Å². The van der Waals surface area contributed by atoms with Crippen molar-refractivity contribution in [2.75, 3.05) is 30.4 Å². The molecule has 0 amide bonds. The molecule has 1 fully saturated rings. The van der Waals surface area contributed by atoms with Crippen molar-refractivity contribution in [1.82, 2.24) is 9.97 Å². The number of ether oxygens (including phenoxy) is 2. The first kappa shape index (κ1) is 27.5. The molecule has 1 saturated heterocycles. The van der Waals surface area contributed by atoms with Crippen LogP contribution >= 0.6 is 11.6 Å². The summed E-state index contributed by atoms with van der Waals surface area (Å²) in [5.41, 5.74) is -0.783. The Balaban J connectivity index is 1.58. The molecule has 4 rings (SSSR count). The van der Waals surface area contributed by atoms with Crippen LogP contribution in [0.15, 0.2) is 41.6 Å². The van der Waals surface area contributed by atoms with E-state index >= 15 is 4.39 Å². The maximum absolute atomic E-state index is 15.2. The highest BCUT2D eigenvalue weighted by molar-refractivity contribution is 7.92. The number of aliphatic hydroxyl groups excluding tert-OH is 1. The van der Waals surface area contributed by atoms with Gasteiger partial charge in [-0.25, -0.2) is 27.2 Å². The van der Waals surface area contributed by atoms with Gasteiger partial charge in [0, 0.05) is 42.2 Å². The largest absolute Gasteiger partial charge is 0.495 e. The van der Waals surface area contributed by atoms with Gasteiger partial charge in [-0.15, -0.1) is 0 Å². The molecule has 13 heteroatoms. The summed E-state index contributed by atoms with van der Waals surface area (Å²) in [4.78, 5) is 7.93. The van der Waals surface area contributed by atoms with Gasteiger partial charge in [-0.1, -0.05) is 23.4 Å². The van der Waals surface area contributed by atoms with E-state index in [9.17, 15) is 17.9 Å². The maximum Gasteiger partial charge on any atom is 0.265 e. The summed E-state index contributed by atoms with van der Waals surface area (Å²) < 4.78 is 68.2. The number of halogens is 3. The van der Waals surface area contributed by atoms with Crippen LogP contribution in [0.1, 0.15) is 29.5 Å². The third-order valence-electron chi connectivity index (χ3n) is 5.63. The Labute approximate surface area is 223 Å². The summed E-state index contributed by atoms with van der Waals surface area (Å²) in [6.45, 7) is 0.765. The maximum atomic E-state index is 15.2. The third-order valence-corrected chi connectivity index (χ3v) is 7.22. The Hall–Kier alpha value is -3.50. The molecule has 200 valence electrons. The highest BCUT2D eigenvalue weighted by Crippen LogP contribution is 2.34. The van der Waals surface area contributed by atoms with E-state index < -0.39 is 44.4 Å². The molecule has 0 saturated carbocycles. The average Bonchev–Trinajstić information content (AvgIpc) is 2.91. The molecule has 1 aliphatic heterocycles. The summed E-state index contributed by atoms with van der Waals surface area (Å²) in [7, 11) is -3.25. The molecule has 1 aliphatic rings. The van der Waals surface area contributed by atoms with Crippen molar-refractivity contribution in [3.63, 3.8) is 0 Å². The lowest BCUT2D eigenvalue weighted by molar-refractivity contribution is 0.0903. The van der Waals surface area contributed by atoms with E-state index in [4.69, 9.17) is 21.1 Å². The van der Waals surface area contributed by atoms with Crippen molar-refractivity contribution < 1.29 is 31.8 Å². The standard InChI is InChI=1S/C25H23ClF2N4O5S/c1-36-24-16(14-33)10-17(26)11-22(24)38(34,35)32-21-5-4-20(27)19(23(21)28)3-2-15-12-29-25(30-13-15)31-18-6-8-37-9-7-18/h4-5,10-13,18,32-33H,6-9,14H2,1H3,(H,29,30,31). The van der Waals surface area contributed by atoms with Crippen molar-refractivity contribution in [1.29, 1.82) is 0 Å². The highest BCUT2D eigenvalue weighted by Gasteiger charge is 2.25. The first-order chi connectivity index (χ1) is 18.2. The topological polar surface area (TPSA) is 123 Å². The van der Waals surface area contributed by atoms with Crippen LogP contribution < -0.4 is 14.8 Å². The lowest BCUT2D eigenvalue weighted by Crippen LogP contribution is -2.28. The van der Waals surface area contributed by atoms with E-state index in [1.54, 1.807) is 0 Å². The molecular formula is C25H23ClF2N4O5S. The number of methoxy groups -OCH3 is 1. The molecule has 2 heterocycles. The predicted octanol–water partition coefficient (Wildman–Crippen LogP) is 3.70. The molecule has 0 atom stereocenters. The van der Waals surface area contributed by atoms with Gasteiger partial charge in [0.15, 0.2) is 5.82 Å². The first-order valence-corrected chi connectivity index (χ1v) is 13.2. The lowest BCUT2D eigenvalue weighted by atomic mass is 10.1. The minimum absolute atomic E-state index is 0.0116. The highest BCUT2D eigenvalue weighted by atomic mass is 35.5. The summed E-state index contributed by atoms with van der Waals surface area (Å²) in [5, 5.41) is 12.7. The molecule has 1 aromatic heterocycles. The van der Waals surface area contributed by atoms with Gasteiger partial charge in [0.1, 0.15) is 16.5 Å². The second-order valence-corrected chi connectivity index (χ2v) is 10.3. The molecule has 0 radical (unpaired) electrons. The van der Waals surface area contributed by atoms with Gasteiger partial charge < -0.3 is 19.9 Å². The van der Waals surface area contributed by atoms with Crippen LogP contribution in [0.4, 0.5) is 20.4 Å².